The van der Waals surface area contributed by atoms with E-state index in [4.69, 9.17) is 10.9 Å². The summed E-state index contributed by atoms with van der Waals surface area (Å²) in [6, 6.07) is 0. The van der Waals surface area contributed by atoms with E-state index in [1.54, 1.807) is 6.92 Å². The molecule has 4 nitrogen and oxygen atoms in total. The van der Waals surface area contributed by atoms with Gasteiger partial charge in [-0.1, -0.05) is 0 Å². The van der Waals surface area contributed by atoms with E-state index in [0.717, 1.165) is 0 Å². The highest BCUT2D eigenvalue weighted by Gasteiger charge is 1.98. The van der Waals surface area contributed by atoms with Crippen molar-refractivity contribution in [1.29, 1.82) is 0 Å². The van der Waals surface area contributed by atoms with Crippen molar-refractivity contribution < 1.29 is 5.11 Å². The molecule has 0 aromatic heterocycles. The third-order valence-corrected chi connectivity index (χ3v) is 0.741. The maximum Gasteiger partial charge on any atom is 0.103 e. The first-order valence-corrected chi connectivity index (χ1v) is 2.57. The van der Waals surface area contributed by atoms with Crippen molar-refractivity contribution in [3.05, 3.63) is 0 Å². The molecule has 0 saturated heterocycles. The molecule has 8 heavy (non-hydrogen) atoms. The van der Waals surface area contributed by atoms with E-state index in [2.05, 4.69) is 10.7 Å². The van der Waals surface area contributed by atoms with Crippen molar-refractivity contribution in [3.63, 3.8) is 0 Å². The molecular formula is C4H13N3O. The Kier molecular flexibility index (Phi) is 3.72. The smallest absolute Gasteiger partial charge is 0.103 e. The average Bonchev–Trinajstić information content (AvgIpc) is 1.65. The van der Waals surface area contributed by atoms with Gasteiger partial charge in [0.25, 0.3) is 0 Å². The zero-order valence-electron chi connectivity index (χ0n) is 5.18. The summed E-state index contributed by atoms with van der Waals surface area (Å²) >= 11 is 0. The molecule has 0 bridgehead atoms. The third kappa shape index (κ3) is 4.01. The highest BCUT2D eigenvalue weighted by Crippen LogP contribution is 1.74. The van der Waals surface area contributed by atoms with Gasteiger partial charge in [0, 0.05) is 0 Å². The lowest BCUT2D eigenvalue weighted by Crippen LogP contribution is -2.47. The first kappa shape index (κ1) is 7.84. The number of rotatable bonds is 3. The molecule has 0 saturated carbocycles. The van der Waals surface area contributed by atoms with Gasteiger partial charge in [0.15, 0.2) is 0 Å². The first-order valence-electron chi connectivity index (χ1n) is 2.57. The number of hydrogen-bond acceptors (Lipinski definition) is 4. The molecule has 0 aliphatic carbocycles. The third-order valence-electron chi connectivity index (χ3n) is 0.741. The van der Waals surface area contributed by atoms with Crippen LogP contribution in [0.1, 0.15) is 13.8 Å². The lowest BCUT2D eigenvalue weighted by molar-refractivity contribution is 0.136. The monoisotopic (exact) mass is 119 g/mol. The molecule has 2 unspecified atom stereocenters. The molecule has 2 atom stereocenters. The van der Waals surface area contributed by atoms with Gasteiger partial charge >= 0.3 is 0 Å². The van der Waals surface area contributed by atoms with E-state index in [1.165, 1.54) is 0 Å². The molecule has 0 spiro atoms. The Morgan fingerprint density at radius 1 is 1.50 bits per heavy atom. The Labute approximate surface area is 49.0 Å². The number of nitrogens with two attached hydrogens (primary N) is 1. The molecular weight excluding hydrogens is 106 g/mol. The van der Waals surface area contributed by atoms with E-state index in [-0.39, 0.29) is 6.17 Å². The number of aliphatic hydroxyl groups is 1. The van der Waals surface area contributed by atoms with Gasteiger partial charge in [-0.25, -0.2) is 5.43 Å². The van der Waals surface area contributed by atoms with Crippen molar-refractivity contribution in [2.75, 3.05) is 0 Å². The topological polar surface area (TPSA) is 70.3 Å². The van der Waals surface area contributed by atoms with Crippen LogP contribution in [0, 0.1) is 0 Å². The zero-order chi connectivity index (χ0) is 6.57. The fourth-order valence-corrected chi connectivity index (χ4v) is 0.410. The van der Waals surface area contributed by atoms with Gasteiger partial charge in [-0.15, -0.1) is 0 Å². The Balaban J connectivity index is 3.10. The minimum absolute atomic E-state index is 0.0463. The summed E-state index contributed by atoms with van der Waals surface area (Å²) in [6.45, 7) is 3.44. The van der Waals surface area contributed by atoms with Gasteiger partial charge in [-0.3, -0.25) is 11.2 Å². The SMILES string of the molecule is CC(O)NC(C)NN. The van der Waals surface area contributed by atoms with Crippen LogP contribution in [0.3, 0.4) is 0 Å². The molecule has 0 fully saturated rings. The van der Waals surface area contributed by atoms with Gasteiger partial charge in [-0.2, -0.15) is 0 Å². The molecule has 0 radical (unpaired) electrons. The van der Waals surface area contributed by atoms with Crippen LogP contribution in [0.5, 0.6) is 0 Å². The minimum atomic E-state index is -0.513. The molecule has 0 heterocycles. The first-order chi connectivity index (χ1) is 3.66. The molecule has 0 aliphatic rings. The van der Waals surface area contributed by atoms with E-state index in [9.17, 15) is 0 Å². The van der Waals surface area contributed by atoms with E-state index in [1.807, 2.05) is 6.92 Å². The molecule has 0 aromatic rings. The minimum Gasteiger partial charge on any atom is -0.379 e. The Morgan fingerprint density at radius 2 is 2.00 bits per heavy atom. The van der Waals surface area contributed by atoms with E-state index in [0.29, 0.717) is 0 Å². The second kappa shape index (κ2) is 3.80. The van der Waals surface area contributed by atoms with Crippen molar-refractivity contribution >= 4 is 0 Å². The number of hydrazine groups is 1. The predicted octanol–water partition coefficient (Wildman–Crippen LogP) is -1.28. The maximum absolute atomic E-state index is 8.65. The molecule has 0 aromatic carbocycles. The van der Waals surface area contributed by atoms with Gasteiger partial charge in [-0.05, 0) is 13.8 Å². The van der Waals surface area contributed by atoms with Crippen LogP contribution in [-0.4, -0.2) is 17.5 Å². The van der Waals surface area contributed by atoms with Crippen LogP contribution in [0.15, 0.2) is 0 Å². The van der Waals surface area contributed by atoms with Crippen molar-refractivity contribution in [1.82, 2.24) is 10.7 Å². The Hall–Kier alpha value is -0.160. The largest absolute Gasteiger partial charge is 0.379 e. The van der Waals surface area contributed by atoms with Gasteiger partial charge in [0.05, 0.1) is 6.17 Å². The second-order valence-corrected chi connectivity index (χ2v) is 1.73. The predicted molar refractivity (Wildman–Crippen MR) is 31.6 cm³/mol. The molecule has 0 amide bonds. The molecule has 5 N–H and O–H groups in total. The number of hydrogen-bond donors (Lipinski definition) is 4. The number of nitrogens with one attached hydrogen (secondary N) is 2. The summed E-state index contributed by atoms with van der Waals surface area (Å²) in [5.74, 6) is 5.00. The molecule has 4 heteroatoms. The zero-order valence-corrected chi connectivity index (χ0v) is 5.18. The van der Waals surface area contributed by atoms with E-state index >= 15 is 0 Å². The Morgan fingerprint density at radius 3 is 2.12 bits per heavy atom. The van der Waals surface area contributed by atoms with Gasteiger partial charge < -0.3 is 5.11 Å². The summed E-state index contributed by atoms with van der Waals surface area (Å²) in [7, 11) is 0. The lowest BCUT2D eigenvalue weighted by Gasteiger charge is -2.13. The molecule has 50 valence electrons. The van der Waals surface area contributed by atoms with Gasteiger partial charge in [0.1, 0.15) is 6.23 Å². The van der Waals surface area contributed by atoms with E-state index < -0.39 is 6.23 Å². The fraction of sp³-hybridized carbons (Fsp3) is 1.00. The highest BCUT2D eigenvalue weighted by atomic mass is 16.3. The van der Waals surface area contributed by atoms with Crippen molar-refractivity contribution in [2.45, 2.75) is 26.2 Å². The van der Waals surface area contributed by atoms with Crippen LogP contribution in [-0.2, 0) is 0 Å². The van der Waals surface area contributed by atoms with Crippen molar-refractivity contribution in [2.24, 2.45) is 5.84 Å². The number of aliphatic hydroxyl groups excluding tert-OH is 1. The summed E-state index contributed by atoms with van der Waals surface area (Å²) in [4.78, 5) is 0. The van der Waals surface area contributed by atoms with Crippen LogP contribution >= 0.6 is 0 Å². The summed E-state index contributed by atoms with van der Waals surface area (Å²) in [6.07, 6.45) is -0.559. The normalized spacial score (nSPS) is 18.0. The Bertz CT molecular complexity index is 57.2. The summed E-state index contributed by atoms with van der Waals surface area (Å²) in [5.41, 5.74) is 2.43. The van der Waals surface area contributed by atoms with Gasteiger partial charge in [0.2, 0.25) is 0 Å². The second-order valence-electron chi connectivity index (χ2n) is 1.73. The molecule has 0 rings (SSSR count). The molecule has 0 aliphatic heterocycles. The summed E-state index contributed by atoms with van der Waals surface area (Å²) in [5, 5.41) is 11.4. The average molecular weight is 119 g/mol. The van der Waals surface area contributed by atoms with Crippen LogP contribution in [0.2, 0.25) is 0 Å². The standard InChI is InChI=1S/C4H13N3O/c1-3(7-5)6-4(2)8/h3-4,6-8H,5H2,1-2H3. The van der Waals surface area contributed by atoms with Crippen LogP contribution in [0.25, 0.3) is 0 Å². The maximum atomic E-state index is 8.65. The highest BCUT2D eigenvalue weighted by molar-refractivity contribution is 4.51. The van der Waals surface area contributed by atoms with Crippen molar-refractivity contribution in [3.8, 4) is 0 Å². The lowest BCUT2D eigenvalue weighted by atomic mass is 10.5. The van der Waals surface area contributed by atoms with Crippen LogP contribution < -0.4 is 16.6 Å². The van der Waals surface area contributed by atoms with Crippen LogP contribution in [0.4, 0.5) is 0 Å². The quantitative estimate of drug-likeness (QED) is 0.212. The fourth-order valence-electron chi connectivity index (χ4n) is 0.410. The summed E-state index contributed by atoms with van der Waals surface area (Å²) < 4.78 is 0.